The van der Waals surface area contributed by atoms with Crippen molar-refractivity contribution in [2.75, 3.05) is 44.2 Å². The van der Waals surface area contributed by atoms with E-state index in [0.717, 1.165) is 49.7 Å². The zero-order chi connectivity index (χ0) is 19.4. The zero-order valence-electron chi connectivity index (χ0n) is 16.2. The Kier molecular flexibility index (Phi) is 6.47. The monoisotopic (exact) mass is 392 g/mol. The number of amides is 3. The molecule has 0 radical (unpaired) electrons. The van der Waals surface area contributed by atoms with Gasteiger partial charge in [0.1, 0.15) is 6.04 Å². The van der Waals surface area contributed by atoms with Crippen molar-refractivity contribution >= 4 is 29.2 Å². The van der Waals surface area contributed by atoms with Crippen LogP contribution in [0.3, 0.4) is 0 Å². The number of nitrogens with one attached hydrogen (secondary N) is 1. The third-order valence-corrected chi connectivity index (χ3v) is 5.64. The Labute approximate surface area is 166 Å². The van der Waals surface area contributed by atoms with E-state index in [0.29, 0.717) is 13.1 Å². The van der Waals surface area contributed by atoms with E-state index in [2.05, 4.69) is 10.2 Å². The molecule has 2 aliphatic rings. The fraction of sp³-hybridized carbons (Fsp3) is 0.600. The fourth-order valence-electron chi connectivity index (χ4n) is 3.69. The number of hydrogen-bond acceptors (Lipinski definition) is 3. The van der Waals surface area contributed by atoms with Crippen LogP contribution >= 0.6 is 11.6 Å². The predicted octanol–water partition coefficient (Wildman–Crippen LogP) is 2.82. The summed E-state index contributed by atoms with van der Waals surface area (Å²) in [4.78, 5) is 31.4. The molecule has 2 heterocycles. The zero-order valence-corrected chi connectivity index (χ0v) is 16.9. The van der Waals surface area contributed by atoms with Crippen LogP contribution in [0.5, 0.6) is 0 Å². The largest absolute Gasteiger partial charge is 0.368 e. The van der Waals surface area contributed by atoms with Gasteiger partial charge in [-0.1, -0.05) is 25.4 Å². The van der Waals surface area contributed by atoms with Crippen molar-refractivity contribution in [2.24, 2.45) is 5.92 Å². The highest BCUT2D eigenvalue weighted by Crippen LogP contribution is 2.20. The molecule has 148 valence electrons. The summed E-state index contributed by atoms with van der Waals surface area (Å²) in [7, 11) is 0. The van der Waals surface area contributed by atoms with Crippen molar-refractivity contribution in [3.8, 4) is 0 Å². The van der Waals surface area contributed by atoms with E-state index in [9.17, 15) is 9.59 Å². The molecule has 2 saturated heterocycles. The second-order valence-corrected chi connectivity index (χ2v) is 8.09. The van der Waals surface area contributed by atoms with Crippen molar-refractivity contribution in [2.45, 2.75) is 32.7 Å². The Morgan fingerprint density at radius 1 is 0.926 bits per heavy atom. The molecule has 1 N–H and O–H groups in total. The van der Waals surface area contributed by atoms with Gasteiger partial charge in [-0.2, -0.15) is 0 Å². The van der Waals surface area contributed by atoms with Crippen LogP contribution in [0.4, 0.5) is 10.5 Å². The molecule has 0 bridgehead atoms. The number of hydrogen-bond donors (Lipinski definition) is 1. The molecule has 3 amide bonds. The van der Waals surface area contributed by atoms with Crippen molar-refractivity contribution in [1.29, 1.82) is 0 Å². The maximum Gasteiger partial charge on any atom is 0.318 e. The lowest BCUT2D eigenvalue weighted by Crippen LogP contribution is -2.57. The fourth-order valence-corrected chi connectivity index (χ4v) is 3.82. The van der Waals surface area contributed by atoms with Crippen LogP contribution in [-0.2, 0) is 4.79 Å². The summed E-state index contributed by atoms with van der Waals surface area (Å²) in [5.41, 5.74) is 1.11. The van der Waals surface area contributed by atoms with Crippen LogP contribution in [0.1, 0.15) is 26.7 Å². The molecule has 27 heavy (non-hydrogen) atoms. The maximum atomic E-state index is 12.7. The van der Waals surface area contributed by atoms with Gasteiger partial charge in [-0.05, 0) is 43.0 Å². The van der Waals surface area contributed by atoms with Gasteiger partial charge in [-0.25, -0.2) is 4.79 Å². The third-order valence-electron chi connectivity index (χ3n) is 5.39. The summed E-state index contributed by atoms with van der Waals surface area (Å²) in [6.07, 6.45) is 2.11. The normalized spacial score (nSPS) is 18.7. The Morgan fingerprint density at radius 2 is 1.52 bits per heavy atom. The summed E-state index contributed by atoms with van der Waals surface area (Å²) in [6, 6.07) is 7.17. The van der Waals surface area contributed by atoms with Crippen molar-refractivity contribution in [1.82, 2.24) is 15.1 Å². The quantitative estimate of drug-likeness (QED) is 0.857. The minimum absolute atomic E-state index is 0.0515. The number of anilines is 1. The number of benzene rings is 1. The molecule has 0 aliphatic carbocycles. The average molecular weight is 393 g/mol. The van der Waals surface area contributed by atoms with Crippen LogP contribution in [0, 0.1) is 5.92 Å². The summed E-state index contributed by atoms with van der Waals surface area (Å²) in [6.45, 7) is 8.38. The molecule has 1 aromatic carbocycles. The standard InChI is InChI=1S/C20H29ClN4O2/c1-15(2)18(19(26)24-9-3-4-10-24)22-20(27)25-13-11-23(12-14-25)17-7-5-16(21)6-8-17/h5-8,15,18H,3-4,9-14H2,1-2H3,(H,22,27). The van der Waals surface area contributed by atoms with Crippen molar-refractivity contribution in [3.63, 3.8) is 0 Å². The summed E-state index contributed by atoms with van der Waals surface area (Å²) in [5.74, 6) is 0.119. The van der Waals surface area contributed by atoms with Gasteiger partial charge in [0.25, 0.3) is 0 Å². The Hall–Kier alpha value is -1.95. The van der Waals surface area contributed by atoms with E-state index in [1.807, 2.05) is 43.0 Å². The van der Waals surface area contributed by atoms with Gasteiger partial charge in [0.05, 0.1) is 0 Å². The molecular weight excluding hydrogens is 364 g/mol. The predicted molar refractivity (Wildman–Crippen MR) is 108 cm³/mol. The van der Waals surface area contributed by atoms with E-state index >= 15 is 0 Å². The van der Waals surface area contributed by atoms with Crippen LogP contribution in [0.25, 0.3) is 0 Å². The number of carbonyl (C=O) groups is 2. The van der Waals surface area contributed by atoms with E-state index in [-0.39, 0.29) is 17.9 Å². The molecular formula is C20H29ClN4O2. The summed E-state index contributed by atoms with van der Waals surface area (Å²) >= 11 is 5.95. The molecule has 0 aromatic heterocycles. The first kappa shape index (κ1) is 19.8. The molecule has 2 fully saturated rings. The maximum absolute atomic E-state index is 12.7. The number of nitrogens with zero attached hydrogens (tertiary/aromatic N) is 3. The minimum atomic E-state index is -0.454. The van der Waals surface area contributed by atoms with Gasteiger partial charge in [0, 0.05) is 50.0 Å². The molecule has 0 spiro atoms. The van der Waals surface area contributed by atoms with Crippen LogP contribution in [0.15, 0.2) is 24.3 Å². The van der Waals surface area contributed by atoms with Gasteiger partial charge in [-0.15, -0.1) is 0 Å². The first-order valence-corrected chi connectivity index (χ1v) is 10.2. The Morgan fingerprint density at radius 3 is 2.07 bits per heavy atom. The number of piperazine rings is 1. The molecule has 2 aliphatic heterocycles. The summed E-state index contributed by atoms with van der Waals surface area (Å²) in [5, 5.41) is 3.71. The highest BCUT2D eigenvalue weighted by atomic mass is 35.5. The first-order valence-electron chi connectivity index (χ1n) is 9.80. The Bertz CT molecular complexity index is 650. The second-order valence-electron chi connectivity index (χ2n) is 7.65. The number of halogens is 1. The topological polar surface area (TPSA) is 55.9 Å². The number of rotatable bonds is 4. The molecule has 3 rings (SSSR count). The van der Waals surface area contributed by atoms with Gasteiger partial charge in [0.15, 0.2) is 0 Å². The number of urea groups is 1. The van der Waals surface area contributed by atoms with E-state index in [4.69, 9.17) is 11.6 Å². The van der Waals surface area contributed by atoms with Gasteiger partial charge >= 0.3 is 6.03 Å². The lowest BCUT2D eigenvalue weighted by atomic mass is 10.0. The van der Waals surface area contributed by atoms with Gasteiger partial charge in [0.2, 0.25) is 5.91 Å². The first-order chi connectivity index (χ1) is 13.0. The van der Waals surface area contributed by atoms with E-state index < -0.39 is 6.04 Å². The number of carbonyl (C=O) groups excluding carboxylic acids is 2. The molecule has 7 heteroatoms. The highest BCUT2D eigenvalue weighted by Gasteiger charge is 2.32. The third kappa shape index (κ3) is 4.86. The van der Waals surface area contributed by atoms with Crippen molar-refractivity contribution < 1.29 is 9.59 Å². The minimum Gasteiger partial charge on any atom is -0.368 e. The second kappa shape index (κ2) is 8.83. The molecule has 1 unspecified atom stereocenters. The molecule has 6 nitrogen and oxygen atoms in total. The highest BCUT2D eigenvalue weighted by molar-refractivity contribution is 6.30. The molecule has 1 aromatic rings. The van der Waals surface area contributed by atoms with Gasteiger partial charge < -0.3 is 20.0 Å². The van der Waals surface area contributed by atoms with Crippen LogP contribution < -0.4 is 10.2 Å². The molecule has 1 atom stereocenters. The Balaban J connectivity index is 1.54. The lowest BCUT2D eigenvalue weighted by Gasteiger charge is -2.37. The van der Waals surface area contributed by atoms with Crippen LogP contribution in [-0.4, -0.2) is 67.0 Å². The van der Waals surface area contributed by atoms with Gasteiger partial charge in [-0.3, -0.25) is 4.79 Å². The average Bonchev–Trinajstić information content (AvgIpc) is 3.21. The lowest BCUT2D eigenvalue weighted by molar-refractivity contribution is -0.133. The van der Waals surface area contributed by atoms with Crippen molar-refractivity contribution in [3.05, 3.63) is 29.3 Å². The van der Waals surface area contributed by atoms with E-state index in [1.165, 1.54) is 0 Å². The van der Waals surface area contributed by atoms with Crippen LogP contribution in [0.2, 0.25) is 5.02 Å². The smallest absolute Gasteiger partial charge is 0.318 e. The SMILES string of the molecule is CC(C)C(NC(=O)N1CCN(c2ccc(Cl)cc2)CC1)C(=O)N1CCCC1. The molecule has 0 saturated carbocycles. The van der Waals surface area contributed by atoms with E-state index in [1.54, 1.807) is 4.90 Å². The number of likely N-dealkylation sites (tertiary alicyclic amines) is 1. The summed E-state index contributed by atoms with van der Waals surface area (Å²) < 4.78 is 0.